The summed E-state index contributed by atoms with van der Waals surface area (Å²) in [7, 11) is -0.880. The molecule has 0 fully saturated rings. The first-order valence-corrected chi connectivity index (χ1v) is 7.37. The van der Waals surface area contributed by atoms with E-state index in [1.165, 1.54) is 6.20 Å². The zero-order valence-corrected chi connectivity index (χ0v) is 11.8. The number of aromatic nitrogens is 1. The van der Waals surface area contributed by atoms with Crippen molar-refractivity contribution in [1.82, 2.24) is 10.3 Å². The Labute approximate surface area is 111 Å². The predicted molar refractivity (Wildman–Crippen MR) is 72.2 cm³/mol. The highest BCUT2D eigenvalue weighted by molar-refractivity contribution is 9.10. The number of anilines is 1. The Morgan fingerprint density at radius 2 is 2.35 bits per heavy atom. The van der Waals surface area contributed by atoms with E-state index in [1.54, 1.807) is 6.07 Å². The normalized spacial score (nSPS) is 12.1. The minimum atomic E-state index is -0.880. The van der Waals surface area contributed by atoms with E-state index in [0.29, 0.717) is 28.1 Å². The maximum absolute atomic E-state index is 11.7. The first-order chi connectivity index (χ1) is 8.04. The molecule has 7 heteroatoms. The SMILES string of the molecule is CCS(=O)CCNC(=O)c1cc(Br)cnc1N. The number of pyridine rings is 1. The summed E-state index contributed by atoms with van der Waals surface area (Å²) >= 11 is 3.22. The molecule has 3 N–H and O–H groups in total. The first kappa shape index (κ1) is 14.1. The molecular formula is C10H14BrN3O2S. The van der Waals surface area contributed by atoms with Crippen molar-refractivity contribution in [2.24, 2.45) is 0 Å². The van der Waals surface area contributed by atoms with E-state index in [0.717, 1.165) is 0 Å². The van der Waals surface area contributed by atoms with Gasteiger partial charge in [-0.2, -0.15) is 0 Å². The van der Waals surface area contributed by atoms with E-state index in [2.05, 4.69) is 26.2 Å². The fourth-order valence-corrected chi connectivity index (χ4v) is 2.10. The van der Waals surface area contributed by atoms with Crippen LogP contribution in [0.3, 0.4) is 0 Å². The van der Waals surface area contributed by atoms with E-state index in [4.69, 9.17) is 5.73 Å². The average Bonchev–Trinajstić information content (AvgIpc) is 2.31. The van der Waals surface area contributed by atoms with Gasteiger partial charge in [0.15, 0.2) is 0 Å². The van der Waals surface area contributed by atoms with Crippen LogP contribution < -0.4 is 11.1 Å². The Balaban J connectivity index is 2.58. The van der Waals surface area contributed by atoms with Gasteiger partial charge < -0.3 is 11.1 Å². The third kappa shape index (κ3) is 4.43. The lowest BCUT2D eigenvalue weighted by Gasteiger charge is -2.06. The predicted octanol–water partition coefficient (Wildman–Crippen LogP) is 0.925. The fourth-order valence-electron chi connectivity index (χ4n) is 1.15. The van der Waals surface area contributed by atoms with Crippen molar-refractivity contribution < 1.29 is 9.00 Å². The van der Waals surface area contributed by atoms with Crippen molar-refractivity contribution in [2.45, 2.75) is 6.92 Å². The number of hydrogen-bond acceptors (Lipinski definition) is 4. The number of carbonyl (C=O) groups excluding carboxylic acids is 1. The van der Waals surface area contributed by atoms with Gasteiger partial charge in [-0.1, -0.05) is 6.92 Å². The van der Waals surface area contributed by atoms with Crippen molar-refractivity contribution in [1.29, 1.82) is 0 Å². The number of carbonyl (C=O) groups is 1. The van der Waals surface area contributed by atoms with Gasteiger partial charge in [0.05, 0.1) is 5.56 Å². The highest BCUT2D eigenvalue weighted by Crippen LogP contribution is 2.15. The lowest BCUT2D eigenvalue weighted by Crippen LogP contribution is -2.28. The summed E-state index contributed by atoms with van der Waals surface area (Å²) in [5, 5.41) is 2.66. The number of nitrogens with one attached hydrogen (secondary N) is 1. The molecule has 1 rings (SSSR count). The molecule has 5 nitrogen and oxygen atoms in total. The molecule has 1 atom stereocenters. The number of nitrogens with zero attached hydrogens (tertiary/aromatic N) is 1. The standard InChI is InChI=1S/C10H14BrN3O2S/c1-2-17(16)4-3-13-10(15)8-5-7(11)6-14-9(8)12/h5-6H,2-4H2,1H3,(H2,12,14)(H,13,15). The zero-order chi connectivity index (χ0) is 12.8. The lowest BCUT2D eigenvalue weighted by molar-refractivity contribution is 0.0956. The fraction of sp³-hybridized carbons (Fsp3) is 0.400. The van der Waals surface area contributed by atoms with E-state index in [1.807, 2.05) is 6.92 Å². The molecule has 1 unspecified atom stereocenters. The summed E-state index contributed by atoms with van der Waals surface area (Å²) in [5.41, 5.74) is 5.92. The quantitative estimate of drug-likeness (QED) is 0.845. The molecule has 0 aliphatic carbocycles. The summed E-state index contributed by atoms with van der Waals surface area (Å²) in [6.07, 6.45) is 1.53. The van der Waals surface area contributed by atoms with Gasteiger partial charge in [-0.05, 0) is 22.0 Å². The second-order valence-corrected chi connectivity index (χ2v) is 6.06. The lowest BCUT2D eigenvalue weighted by atomic mass is 10.2. The highest BCUT2D eigenvalue weighted by atomic mass is 79.9. The summed E-state index contributed by atoms with van der Waals surface area (Å²) in [6.45, 7) is 2.21. The van der Waals surface area contributed by atoms with E-state index >= 15 is 0 Å². The monoisotopic (exact) mass is 319 g/mol. The number of nitrogens with two attached hydrogens (primary N) is 1. The largest absolute Gasteiger partial charge is 0.383 e. The van der Waals surface area contributed by atoms with Gasteiger partial charge in [-0.25, -0.2) is 4.98 Å². The van der Waals surface area contributed by atoms with E-state index in [-0.39, 0.29) is 11.7 Å². The van der Waals surface area contributed by atoms with E-state index < -0.39 is 10.8 Å². The number of amides is 1. The van der Waals surface area contributed by atoms with Crippen molar-refractivity contribution in [3.63, 3.8) is 0 Å². The molecule has 94 valence electrons. The Morgan fingerprint density at radius 3 is 3.00 bits per heavy atom. The second kappa shape index (κ2) is 6.70. The first-order valence-electron chi connectivity index (χ1n) is 5.08. The number of rotatable bonds is 5. The molecule has 0 saturated carbocycles. The highest BCUT2D eigenvalue weighted by Gasteiger charge is 2.11. The van der Waals surface area contributed by atoms with Gasteiger partial charge in [0, 0.05) is 39.5 Å². The number of halogens is 1. The maximum Gasteiger partial charge on any atom is 0.255 e. The van der Waals surface area contributed by atoms with Crippen LogP contribution in [0.2, 0.25) is 0 Å². The van der Waals surface area contributed by atoms with Crippen molar-refractivity contribution >= 4 is 38.5 Å². The van der Waals surface area contributed by atoms with Gasteiger partial charge in [0.2, 0.25) is 0 Å². The molecular weight excluding hydrogens is 306 g/mol. The van der Waals surface area contributed by atoms with Gasteiger partial charge in [0.1, 0.15) is 5.82 Å². The molecule has 0 radical (unpaired) electrons. The van der Waals surface area contributed by atoms with Crippen LogP contribution in [0, 0.1) is 0 Å². The Hall–Kier alpha value is -0.950. The molecule has 0 spiro atoms. The molecule has 0 aliphatic heterocycles. The van der Waals surface area contributed by atoms with Crippen LogP contribution >= 0.6 is 15.9 Å². The maximum atomic E-state index is 11.7. The van der Waals surface area contributed by atoms with Crippen molar-refractivity contribution in [3.8, 4) is 0 Å². The van der Waals surface area contributed by atoms with Gasteiger partial charge >= 0.3 is 0 Å². The van der Waals surface area contributed by atoms with Gasteiger partial charge in [-0.3, -0.25) is 9.00 Å². The second-order valence-electron chi connectivity index (χ2n) is 3.27. The minimum Gasteiger partial charge on any atom is -0.383 e. The van der Waals surface area contributed by atoms with Gasteiger partial charge in [-0.15, -0.1) is 0 Å². The van der Waals surface area contributed by atoms with E-state index in [9.17, 15) is 9.00 Å². The number of hydrogen-bond donors (Lipinski definition) is 2. The molecule has 1 amide bonds. The molecule has 17 heavy (non-hydrogen) atoms. The Bertz CT molecular complexity index is 440. The Morgan fingerprint density at radius 1 is 1.65 bits per heavy atom. The van der Waals surface area contributed by atoms with Crippen LogP contribution in [0.15, 0.2) is 16.7 Å². The molecule has 0 bridgehead atoms. The van der Waals surface area contributed by atoms with Crippen LogP contribution in [-0.2, 0) is 10.8 Å². The summed E-state index contributed by atoms with van der Waals surface area (Å²) in [5.74, 6) is 0.923. The van der Waals surface area contributed by atoms with Crippen LogP contribution in [0.1, 0.15) is 17.3 Å². The zero-order valence-electron chi connectivity index (χ0n) is 9.40. The summed E-state index contributed by atoms with van der Waals surface area (Å²) in [6, 6.07) is 1.61. The molecule has 1 aromatic heterocycles. The smallest absolute Gasteiger partial charge is 0.255 e. The number of nitrogen functional groups attached to an aromatic ring is 1. The van der Waals surface area contributed by atoms with Crippen LogP contribution in [-0.4, -0.2) is 33.2 Å². The molecule has 1 aromatic rings. The molecule has 0 aliphatic rings. The van der Waals surface area contributed by atoms with Gasteiger partial charge in [0.25, 0.3) is 5.91 Å². The van der Waals surface area contributed by atoms with Crippen molar-refractivity contribution in [3.05, 3.63) is 22.3 Å². The third-order valence-electron chi connectivity index (χ3n) is 2.07. The minimum absolute atomic E-state index is 0.183. The Kier molecular flexibility index (Phi) is 5.57. The topological polar surface area (TPSA) is 85.1 Å². The summed E-state index contributed by atoms with van der Waals surface area (Å²) in [4.78, 5) is 15.6. The van der Waals surface area contributed by atoms with Crippen molar-refractivity contribution in [2.75, 3.05) is 23.8 Å². The molecule has 0 aromatic carbocycles. The third-order valence-corrected chi connectivity index (χ3v) is 3.80. The van der Waals surface area contributed by atoms with Crippen LogP contribution in [0.5, 0.6) is 0 Å². The average molecular weight is 320 g/mol. The van der Waals surface area contributed by atoms with Crippen LogP contribution in [0.4, 0.5) is 5.82 Å². The molecule has 0 saturated heterocycles. The molecule has 1 heterocycles. The summed E-state index contributed by atoms with van der Waals surface area (Å²) < 4.78 is 11.9. The van der Waals surface area contributed by atoms with Crippen LogP contribution in [0.25, 0.3) is 0 Å².